The van der Waals surface area contributed by atoms with Crippen molar-refractivity contribution in [3.8, 4) is 12.3 Å². The summed E-state index contributed by atoms with van der Waals surface area (Å²) >= 11 is 0. The molecule has 1 aromatic carbocycles. The van der Waals surface area contributed by atoms with Crippen molar-refractivity contribution >= 4 is 23.5 Å². The van der Waals surface area contributed by atoms with Gasteiger partial charge in [0.1, 0.15) is 5.57 Å². The number of esters is 1. The molecular formula is C14H11NO5. The molecule has 102 valence electrons. The highest BCUT2D eigenvalue weighted by molar-refractivity contribution is 6.19. The van der Waals surface area contributed by atoms with E-state index in [4.69, 9.17) is 6.42 Å². The lowest BCUT2D eigenvalue weighted by Gasteiger charge is -2.03. The van der Waals surface area contributed by atoms with Crippen LogP contribution < -0.4 is 0 Å². The van der Waals surface area contributed by atoms with Crippen LogP contribution in [0.25, 0.3) is 6.08 Å². The molecule has 0 aliphatic carbocycles. The maximum atomic E-state index is 11.6. The van der Waals surface area contributed by atoms with Crippen molar-refractivity contribution in [3.63, 3.8) is 0 Å². The van der Waals surface area contributed by atoms with Crippen molar-refractivity contribution in [2.24, 2.45) is 0 Å². The number of ketones is 1. The van der Waals surface area contributed by atoms with E-state index in [1.54, 1.807) is 0 Å². The van der Waals surface area contributed by atoms with Crippen molar-refractivity contribution in [1.82, 2.24) is 0 Å². The van der Waals surface area contributed by atoms with E-state index in [9.17, 15) is 19.7 Å². The summed E-state index contributed by atoms with van der Waals surface area (Å²) in [6, 6.07) is 5.54. The fraction of sp³-hybridized carbons (Fsp3) is 0.143. The van der Waals surface area contributed by atoms with Gasteiger partial charge in [-0.05, 0) is 18.6 Å². The van der Waals surface area contributed by atoms with E-state index in [1.807, 2.05) is 0 Å². The second kappa shape index (κ2) is 6.85. The molecule has 1 aromatic rings. The molecule has 0 spiro atoms. The second-order valence-electron chi connectivity index (χ2n) is 3.75. The smallest absolute Gasteiger partial charge is 0.342 e. The molecule has 0 radical (unpaired) electrons. The molecule has 0 aliphatic heterocycles. The van der Waals surface area contributed by atoms with Crippen molar-refractivity contribution in [2.75, 3.05) is 6.61 Å². The van der Waals surface area contributed by atoms with E-state index in [2.05, 4.69) is 10.7 Å². The molecule has 0 aliphatic rings. The Morgan fingerprint density at radius 3 is 2.75 bits per heavy atom. The van der Waals surface area contributed by atoms with E-state index in [0.29, 0.717) is 5.56 Å². The second-order valence-corrected chi connectivity index (χ2v) is 3.75. The highest BCUT2D eigenvalue weighted by Gasteiger charge is 2.16. The number of non-ortho nitro benzene ring substituents is 1. The molecule has 0 amide bonds. The number of Topliss-reactive ketones (excluding diaryl/α,β-unsaturated/α-hetero) is 1. The average Bonchev–Trinajstić information content (AvgIpc) is 2.42. The summed E-state index contributed by atoms with van der Waals surface area (Å²) < 4.78 is 4.67. The molecule has 0 bridgehead atoms. The molecule has 6 heteroatoms. The number of rotatable bonds is 5. The van der Waals surface area contributed by atoms with Gasteiger partial charge >= 0.3 is 5.97 Å². The minimum absolute atomic E-state index is 0.140. The van der Waals surface area contributed by atoms with Crippen LogP contribution in [0.3, 0.4) is 0 Å². The van der Waals surface area contributed by atoms with Gasteiger partial charge in [-0.2, -0.15) is 0 Å². The predicted octanol–water partition coefficient (Wildman–Crippen LogP) is 1.74. The third-order valence-corrected chi connectivity index (χ3v) is 2.28. The monoisotopic (exact) mass is 273 g/mol. The number of carbonyl (C=O) groups excluding carboxylic acids is 2. The Labute approximate surface area is 115 Å². The van der Waals surface area contributed by atoms with Crippen LogP contribution in [0, 0.1) is 22.5 Å². The maximum absolute atomic E-state index is 11.6. The zero-order valence-electron chi connectivity index (χ0n) is 10.7. The van der Waals surface area contributed by atoms with Gasteiger partial charge < -0.3 is 4.74 Å². The number of nitrogens with zero attached hydrogens (tertiary/aromatic N) is 1. The first-order valence-electron chi connectivity index (χ1n) is 5.53. The summed E-state index contributed by atoms with van der Waals surface area (Å²) in [6.07, 6.45) is 6.18. The maximum Gasteiger partial charge on any atom is 0.342 e. The summed E-state index contributed by atoms with van der Waals surface area (Å²) in [4.78, 5) is 33.1. The third-order valence-electron chi connectivity index (χ3n) is 2.28. The Balaban J connectivity index is 3.12. The summed E-state index contributed by atoms with van der Waals surface area (Å²) in [5, 5.41) is 10.7. The van der Waals surface area contributed by atoms with Crippen LogP contribution >= 0.6 is 0 Å². The Kier molecular flexibility index (Phi) is 5.18. The molecule has 0 N–H and O–H groups in total. The zero-order chi connectivity index (χ0) is 15.1. The molecule has 0 unspecified atom stereocenters. The number of nitro groups is 1. The summed E-state index contributed by atoms with van der Waals surface area (Å²) in [7, 11) is 0. The van der Waals surface area contributed by atoms with Crippen LogP contribution in [0.4, 0.5) is 5.69 Å². The molecule has 1 rings (SSSR count). The molecule has 0 atom stereocenters. The average molecular weight is 273 g/mol. The van der Waals surface area contributed by atoms with Crippen LogP contribution in [-0.4, -0.2) is 23.3 Å². The first-order chi connectivity index (χ1) is 9.45. The highest BCUT2D eigenvalue weighted by atomic mass is 16.6. The van der Waals surface area contributed by atoms with E-state index in [-0.39, 0.29) is 17.9 Å². The Morgan fingerprint density at radius 1 is 1.50 bits per heavy atom. The standard InChI is InChI=1S/C14H11NO5/c1-3-7-20-14(17)13(10(2)16)9-11-5-4-6-12(8-11)15(18)19/h1,4-6,8-9H,7H2,2H3. The van der Waals surface area contributed by atoms with Gasteiger partial charge in [-0.15, -0.1) is 6.42 Å². The normalized spacial score (nSPS) is 10.5. The van der Waals surface area contributed by atoms with Crippen molar-refractivity contribution in [1.29, 1.82) is 0 Å². The minimum atomic E-state index is -0.859. The van der Waals surface area contributed by atoms with Crippen LogP contribution in [0.1, 0.15) is 12.5 Å². The Morgan fingerprint density at radius 2 is 2.20 bits per heavy atom. The van der Waals surface area contributed by atoms with Crippen molar-refractivity contribution < 1.29 is 19.2 Å². The quantitative estimate of drug-likeness (QED) is 0.155. The topological polar surface area (TPSA) is 86.5 Å². The van der Waals surface area contributed by atoms with Crippen molar-refractivity contribution in [2.45, 2.75) is 6.92 Å². The van der Waals surface area contributed by atoms with E-state index < -0.39 is 16.7 Å². The minimum Gasteiger partial charge on any atom is -0.449 e. The van der Waals surface area contributed by atoms with Crippen LogP contribution in [0.15, 0.2) is 29.8 Å². The fourth-order valence-electron chi connectivity index (χ4n) is 1.38. The number of hydrogen-bond acceptors (Lipinski definition) is 5. The molecule has 0 aromatic heterocycles. The van der Waals surface area contributed by atoms with Crippen LogP contribution in [0.2, 0.25) is 0 Å². The van der Waals surface area contributed by atoms with Gasteiger partial charge in [0, 0.05) is 12.1 Å². The van der Waals surface area contributed by atoms with Crippen molar-refractivity contribution in [3.05, 3.63) is 45.5 Å². The Hall–Kier alpha value is -2.94. The number of ether oxygens (including phenoxy) is 1. The van der Waals surface area contributed by atoms with Gasteiger partial charge in [0.15, 0.2) is 12.4 Å². The molecule has 0 saturated carbocycles. The van der Waals surface area contributed by atoms with Gasteiger partial charge in [0.05, 0.1) is 4.92 Å². The first kappa shape index (κ1) is 15.1. The zero-order valence-corrected chi connectivity index (χ0v) is 10.7. The first-order valence-corrected chi connectivity index (χ1v) is 5.53. The lowest BCUT2D eigenvalue weighted by molar-refractivity contribution is -0.384. The van der Waals surface area contributed by atoms with Crippen LogP contribution in [0.5, 0.6) is 0 Å². The summed E-state index contributed by atoms with van der Waals surface area (Å²) in [5.74, 6) is 0.735. The van der Waals surface area contributed by atoms with Gasteiger partial charge in [-0.3, -0.25) is 14.9 Å². The van der Waals surface area contributed by atoms with Gasteiger partial charge in [-0.1, -0.05) is 18.1 Å². The van der Waals surface area contributed by atoms with Gasteiger partial charge in [-0.25, -0.2) is 4.79 Å². The highest BCUT2D eigenvalue weighted by Crippen LogP contribution is 2.16. The van der Waals surface area contributed by atoms with Gasteiger partial charge in [0.25, 0.3) is 5.69 Å². The molecule has 0 heterocycles. The SMILES string of the molecule is C#CCOC(=O)C(=Cc1cccc([N+](=O)[O-])c1)C(C)=O. The van der Waals surface area contributed by atoms with Crippen LogP contribution in [-0.2, 0) is 14.3 Å². The molecule has 6 nitrogen and oxygen atoms in total. The lowest BCUT2D eigenvalue weighted by Crippen LogP contribution is -2.13. The third kappa shape index (κ3) is 4.07. The summed E-state index contributed by atoms with van der Waals surface area (Å²) in [6.45, 7) is 0.943. The molecule has 0 fully saturated rings. The Bertz CT molecular complexity index is 625. The number of benzene rings is 1. The number of terminal acetylenes is 1. The lowest BCUT2D eigenvalue weighted by atomic mass is 10.1. The summed E-state index contributed by atoms with van der Waals surface area (Å²) in [5.41, 5.74) is -0.0125. The van der Waals surface area contributed by atoms with E-state index in [0.717, 1.165) is 0 Å². The molecular weight excluding hydrogens is 262 g/mol. The van der Waals surface area contributed by atoms with E-state index >= 15 is 0 Å². The largest absolute Gasteiger partial charge is 0.449 e. The fourth-order valence-corrected chi connectivity index (χ4v) is 1.38. The molecule has 0 saturated heterocycles. The molecule has 20 heavy (non-hydrogen) atoms. The number of carbonyl (C=O) groups is 2. The number of nitro benzene ring substituents is 1. The predicted molar refractivity (Wildman–Crippen MR) is 71.5 cm³/mol. The van der Waals surface area contributed by atoms with E-state index in [1.165, 1.54) is 37.3 Å². The van der Waals surface area contributed by atoms with Gasteiger partial charge in [0.2, 0.25) is 0 Å². The number of hydrogen-bond donors (Lipinski definition) is 0.